The SMILES string of the molecule is Cc1cccc(/[C]=N\OCc2c(F)c(F)c(F)c(F)c2F)c1. The van der Waals surface area contributed by atoms with E-state index in [1.807, 2.05) is 13.0 Å². The predicted octanol–water partition coefficient (Wildman–Crippen LogP) is 4.12. The van der Waals surface area contributed by atoms with E-state index in [4.69, 9.17) is 0 Å². The van der Waals surface area contributed by atoms with Crippen LogP contribution in [0.25, 0.3) is 0 Å². The molecule has 1 radical (unpaired) electrons. The summed E-state index contributed by atoms with van der Waals surface area (Å²) in [4.78, 5) is 4.55. The third kappa shape index (κ3) is 3.24. The van der Waals surface area contributed by atoms with Crippen LogP contribution in [0.5, 0.6) is 0 Å². The van der Waals surface area contributed by atoms with E-state index in [-0.39, 0.29) is 0 Å². The first-order chi connectivity index (χ1) is 10.4. The van der Waals surface area contributed by atoms with E-state index in [9.17, 15) is 22.0 Å². The average molecular weight is 314 g/mol. The van der Waals surface area contributed by atoms with Crippen molar-refractivity contribution in [2.24, 2.45) is 5.16 Å². The van der Waals surface area contributed by atoms with Crippen LogP contribution in [0, 0.1) is 36.0 Å². The molecule has 0 N–H and O–H groups in total. The van der Waals surface area contributed by atoms with Gasteiger partial charge in [0.05, 0.1) is 5.56 Å². The Labute approximate surface area is 122 Å². The van der Waals surface area contributed by atoms with Gasteiger partial charge >= 0.3 is 0 Å². The molecule has 2 aromatic carbocycles. The quantitative estimate of drug-likeness (QED) is 0.273. The molecule has 115 valence electrons. The van der Waals surface area contributed by atoms with Gasteiger partial charge in [-0.2, -0.15) is 0 Å². The van der Waals surface area contributed by atoms with Crippen molar-refractivity contribution in [3.05, 3.63) is 70.0 Å². The van der Waals surface area contributed by atoms with Crippen molar-refractivity contribution in [2.45, 2.75) is 13.5 Å². The fourth-order valence-corrected chi connectivity index (χ4v) is 1.67. The number of hydrogen-bond donors (Lipinski definition) is 0. The number of benzene rings is 2. The number of hydrogen-bond acceptors (Lipinski definition) is 2. The Bertz CT molecular complexity index is 701. The van der Waals surface area contributed by atoms with Crippen LogP contribution in [0.3, 0.4) is 0 Å². The number of halogens is 5. The lowest BCUT2D eigenvalue weighted by atomic mass is 10.2. The smallest absolute Gasteiger partial charge is 0.200 e. The van der Waals surface area contributed by atoms with Gasteiger partial charge in [-0.25, -0.2) is 22.0 Å². The van der Waals surface area contributed by atoms with Crippen molar-refractivity contribution < 1.29 is 26.8 Å². The molecule has 0 aliphatic heterocycles. The van der Waals surface area contributed by atoms with E-state index in [1.165, 1.54) is 0 Å². The number of rotatable bonds is 4. The van der Waals surface area contributed by atoms with Gasteiger partial charge in [0.15, 0.2) is 23.3 Å². The van der Waals surface area contributed by atoms with Gasteiger partial charge in [0, 0.05) is 5.56 Å². The first kappa shape index (κ1) is 15.9. The molecule has 0 atom stereocenters. The molecular weight excluding hydrogens is 305 g/mol. The van der Waals surface area contributed by atoms with Gasteiger partial charge in [-0.1, -0.05) is 28.9 Å². The lowest BCUT2D eigenvalue weighted by molar-refractivity contribution is 0.124. The zero-order chi connectivity index (χ0) is 16.3. The summed E-state index contributed by atoms with van der Waals surface area (Å²) < 4.78 is 65.4. The second-order valence-electron chi connectivity index (χ2n) is 4.39. The summed E-state index contributed by atoms with van der Waals surface area (Å²) in [5.41, 5.74) is 0.378. The molecule has 2 aromatic rings. The molecule has 0 fully saturated rings. The monoisotopic (exact) mass is 314 g/mol. The lowest BCUT2D eigenvalue weighted by Gasteiger charge is -2.06. The van der Waals surface area contributed by atoms with E-state index in [2.05, 4.69) is 16.2 Å². The highest BCUT2D eigenvalue weighted by molar-refractivity contribution is 5.79. The van der Waals surface area contributed by atoms with Crippen molar-refractivity contribution >= 4 is 6.21 Å². The molecule has 7 heteroatoms. The van der Waals surface area contributed by atoms with Gasteiger partial charge in [-0.15, -0.1) is 0 Å². The molecule has 0 bridgehead atoms. The maximum absolute atomic E-state index is 13.3. The summed E-state index contributed by atoms with van der Waals surface area (Å²) in [6.45, 7) is 0.922. The van der Waals surface area contributed by atoms with Crippen LogP contribution in [0.2, 0.25) is 0 Å². The lowest BCUT2D eigenvalue weighted by Crippen LogP contribution is -2.07. The van der Waals surface area contributed by atoms with Gasteiger partial charge in [0.25, 0.3) is 0 Å². The van der Waals surface area contributed by atoms with E-state index >= 15 is 0 Å². The van der Waals surface area contributed by atoms with Crippen LogP contribution in [0.15, 0.2) is 29.4 Å². The van der Waals surface area contributed by atoms with Crippen LogP contribution in [-0.4, -0.2) is 6.21 Å². The molecule has 0 aromatic heterocycles. The van der Waals surface area contributed by atoms with Crippen molar-refractivity contribution in [2.75, 3.05) is 0 Å². The molecular formula is C15H9F5NO. The Morgan fingerprint density at radius 1 is 0.955 bits per heavy atom. The molecule has 0 saturated carbocycles. The van der Waals surface area contributed by atoms with E-state index in [0.717, 1.165) is 5.56 Å². The molecule has 0 heterocycles. The summed E-state index contributed by atoms with van der Waals surface area (Å²) in [5.74, 6) is -10.1. The van der Waals surface area contributed by atoms with Crippen molar-refractivity contribution in [1.29, 1.82) is 0 Å². The summed E-state index contributed by atoms with van der Waals surface area (Å²) >= 11 is 0. The minimum absolute atomic E-state index is 0.539. The molecule has 0 unspecified atom stereocenters. The fourth-order valence-electron chi connectivity index (χ4n) is 1.67. The maximum Gasteiger partial charge on any atom is 0.200 e. The molecule has 22 heavy (non-hydrogen) atoms. The first-order valence-electron chi connectivity index (χ1n) is 6.06. The third-order valence-corrected chi connectivity index (χ3v) is 2.77. The molecule has 0 aliphatic rings. The van der Waals surface area contributed by atoms with E-state index in [0.29, 0.717) is 5.56 Å². The zero-order valence-corrected chi connectivity index (χ0v) is 11.3. The van der Waals surface area contributed by atoms with Crippen molar-refractivity contribution in [3.63, 3.8) is 0 Å². The Morgan fingerprint density at radius 2 is 1.55 bits per heavy atom. The Hall–Kier alpha value is -2.44. The Balaban J connectivity index is 2.13. The summed E-state index contributed by atoms with van der Waals surface area (Å²) in [6.07, 6.45) is 2.43. The van der Waals surface area contributed by atoms with Gasteiger partial charge in [0.2, 0.25) is 5.82 Å². The molecule has 0 spiro atoms. The largest absolute Gasteiger partial charge is 0.390 e. The fraction of sp³-hybridized carbons (Fsp3) is 0.133. The average Bonchev–Trinajstić information content (AvgIpc) is 2.50. The van der Waals surface area contributed by atoms with E-state index in [1.54, 1.807) is 18.2 Å². The second-order valence-corrected chi connectivity index (χ2v) is 4.39. The minimum atomic E-state index is -2.21. The number of aryl methyl sites for hydroxylation is 1. The van der Waals surface area contributed by atoms with Crippen LogP contribution in [-0.2, 0) is 11.4 Å². The second kappa shape index (κ2) is 6.55. The molecule has 2 nitrogen and oxygen atoms in total. The highest BCUT2D eigenvalue weighted by Crippen LogP contribution is 2.23. The first-order valence-corrected chi connectivity index (χ1v) is 6.06. The van der Waals surface area contributed by atoms with Crippen molar-refractivity contribution in [1.82, 2.24) is 0 Å². The van der Waals surface area contributed by atoms with Crippen LogP contribution < -0.4 is 0 Å². The highest BCUT2D eigenvalue weighted by atomic mass is 19.2. The number of nitrogens with zero attached hydrogens (tertiary/aromatic N) is 1. The zero-order valence-electron chi connectivity index (χ0n) is 11.3. The summed E-state index contributed by atoms with van der Waals surface area (Å²) in [7, 11) is 0. The normalized spacial score (nSPS) is 11.2. The van der Waals surface area contributed by atoms with Gasteiger partial charge < -0.3 is 4.84 Å². The highest BCUT2D eigenvalue weighted by Gasteiger charge is 2.25. The Kier molecular flexibility index (Phi) is 4.75. The van der Waals surface area contributed by atoms with Gasteiger partial charge in [-0.05, 0) is 13.0 Å². The molecule has 0 saturated heterocycles. The standard InChI is InChI=1S/C15H9F5NO/c1-8-3-2-4-9(5-8)6-21-22-7-10-11(16)13(18)15(20)14(19)12(10)17/h2-5H,7H2,1H3. The predicted molar refractivity (Wildman–Crippen MR) is 68.7 cm³/mol. The van der Waals surface area contributed by atoms with Crippen LogP contribution in [0.1, 0.15) is 16.7 Å². The van der Waals surface area contributed by atoms with E-state index < -0.39 is 41.3 Å². The van der Waals surface area contributed by atoms with Gasteiger partial charge in [-0.3, -0.25) is 0 Å². The molecule has 0 amide bonds. The van der Waals surface area contributed by atoms with Crippen LogP contribution >= 0.6 is 0 Å². The molecule has 2 rings (SSSR count). The topological polar surface area (TPSA) is 21.6 Å². The van der Waals surface area contributed by atoms with Crippen molar-refractivity contribution in [3.8, 4) is 0 Å². The Morgan fingerprint density at radius 3 is 2.14 bits per heavy atom. The van der Waals surface area contributed by atoms with Gasteiger partial charge in [0.1, 0.15) is 12.8 Å². The maximum atomic E-state index is 13.3. The molecule has 0 aliphatic carbocycles. The minimum Gasteiger partial charge on any atom is -0.390 e. The summed E-state index contributed by atoms with van der Waals surface area (Å²) in [6, 6.07) is 6.93. The third-order valence-electron chi connectivity index (χ3n) is 2.77. The summed E-state index contributed by atoms with van der Waals surface area (Å²) in [5, 5.41) is 3.32. The van der Waals surface area contributed by atoms with Crippen LogP contribution in [0.4, 0.5) is 22.0 Å².